The molecular weight excluding hydrogens is 272 g/mol. The van der Waals surface area contributed by atoms with Gasteiger partial charge in [-0.05, 0) is 19.8 Å². The first-order valence-corrected chi connectivity index (χ1v) is 7.51. The van der Waals surface area contributed by atoms with E-state index >= 15 is 0 Å². The highest BCUT2D eigenvalue weighted by Crippen LogP contribution is 2.39. The van der Waals surface area contributed by atoms with Gasteiger partial charge in [0.15, 0.2) is 0 Å². The monoisotopic (exact) mass is 298 g/mol. The minimum absolute atomic E-state index is 0.159. The van der Waals surface area contributed by atoms with E-state index in [2.05, 4.69) is 13.2 Å². The molecule has 2 heterocycles. The molecule has 0 aromatic carbocycles. The number of aliphatic hydroxyl groups is 2. The summed E-state index contributed by atoms with van der Waals surface area (Å²) in [6.07, 6.45) is 3.47. The Morgan fingerprint density at radius 1 is 1.43 bits per heavy atom. The maximum absolute atomic E-state index is 10.0. The van der Waals surface area contributed by atoms with Crippen molar-refractivity contribution in [3.63, 3.8) is 0 Å². The van der Waals surface area contributed by atoms with Crippen molar-refractivity contribution in [3.05, 3.63) is 25.3 Å². The Balaban J connectivity index is 2.15. The Morgan fingerprint density at radius 3 is 2.81 bits per heavy atom. The van der Waals surface area contributed by atoms with E-state index < -0.39 is 17.8 Å². The van der Waals surface area contributed by atoms with Gasteiger partial charge in [0.1, 0.15) is 12.2 Å². The molecular formula is C16H26O5. The van der Waals surface area contributed by atoms with Crippen molar-refractivity contribution in [1.82, 2.24) is 0 Å². The number of hydrogen-bond donors (Lipinski definition) is 2. The smallest absolute Gasteiger partial charge is 0.107 e. The molecule has 0 saturated carbocycles. The van der Waals surface area contributed by atoms with Crippen molar-refractivity contribution in [2.45, 2.75) is 62.3 Å². The van der Waals surface area contributed by atoms with Crippen LogP contribution in [0.4, 0.5) is 0 Å². The summed E-state index contributed by atoms with van der Waals surface area (Å²) in [5, 5.41) is 19.4. The first kappa shape index (κ1) is 16.6. The normalized spacial score (nSPS) is 43.7. The molecule has 0 aromatic rings. The fraction of sp³-hybridized carbons (Fsp3) is 0.750. The second-order valence-electron chi connectivity index (χ2n) is 5.98. The molecule has 0 spiro atoms. The van der Waals surface area contributed by atoms with E-state index in [1.165, 1.54) is 0 Å². The molecule has 0 radical (unpaired) electrons. The molecule has 21 heavy (non-hydrogen) atoms. The summed E-state index contributed by atoms with van der Waals surface area (Å²) in [5.74, 6) is 0. The van der Waals surface area contributed by atoms with Crippen LogP contribution < -0.4 is 0 Å². The molecule has 5 nitrogen and oxygen atoms in total. The van der Waals surface area contributed by atoms with Crippen LogP contribution in [0.3, 0.4) is 0 Å². The van der Waals surface area contributed by atoms with Crippen molar-refractivity contribution in [2.75, 3.05) is 13.2 Å². The van der Waals surface area contributed by atoms with Crippen LogP contribution in [-0.2, 0) is 14.2 Å². The third-order valence-corrected chi connectivity index (χ3v) is 4.44. The second kappa shape index (κ2) is 7.03. The predicted molar refractivity (Wildman–Crippen MR) is 79.0 cm³/mol. The van der Waals surface area contributed by atoms with Crippen LogP contribution in [0, 0.1) is 0 Å². The van der Waals surface area contributed by atoms with E-state index in [1.54, 1.807) is 12.2 Å². The molecule has 6 atom stereocenters. The van der Waals surface area contributed by atoms with Gasteiger partial charge in [0, 0.05) is 6.42 Å². The number of fused-ring (bicyclic) bond motifs is 1. The second-order valence-corrected chi connectivity index (χ2v) is 5.98. The predicted octanol–water partition coefficient (Wildman–Crippen LogP) is 1.19. The van der Waals surface area contributed by atoms with E-state index in [0.717, 1.165) is 0 Å². The first-order valence-electron chi connectivity index (χ1n) is 7.51. The molecule has 0 bridgehead atoms. The lowest BCUT2D eigenvalue weighted by Crippen LogP contribution is -2.55. The Hall–Kier alpha value is -0.720. The van der Waals surface area contributed by atoms with E-state index in [-0.39, 0.29) is 24.9 Å². The highest BCUT2D eigenvalue weighted by molar-refractivity contribution is 5.03. The number of hydrogen-bond acceptors (Lipinski definition) is 5. The van der Waals surface area contributed by atoms with Crippen LogP contribution in [0.2, 0.25) is 0 Å². The summed E-state index contributed by atoms with van der Waals surface area (Å²) in [6, 6.07) is 0. The van der Waals surface area contributed by atoms with Crippen molar-refractivity contribution in [1.29, 1.82) is 0 Å². The van der Waals surface area contributed by atoms with Gasteiger partial charge >= 0.3 is 0 Å². The zero-order valence-corrected chi connectivity index (χ0v) is 12.6. The van der Waals surface area contributed by atoms with E-state index in [1.807, 2.05) is 6.92 Å². The largest absolute Gasteiger partial charge is 0.394 e. The van der Waals surface area contributed by atoms with Crippen molar-refractivity contribution in [3.8, 4) is 0 Å². The fourth-order valence-corrected chi connectivity index (χ4v) is 3.12. The van der Waals surface area contributed by atoms with Gasteiger partial charge < -0.3 is 24.4 Å². The lowest BCUT2D eigenvalue weighted by molar-refractivity contribution is -0.236. The molecule has 0 aliphatic carbocycles. The van der Waals surface area contributed by atoms with Crippen LogP contribution >= 0.6 is 0 Å². The Kier molecular flexibility index (Phi) is 5.57. The number of ether oxygens (including phenoxy) is 3. The molecule has 2 saturated heterocycles. The summed E-state index contributed by atoms with van der Waals surface area (Å²) >= 11 is 0. The molecule has 2 fully saturated rings. The Labute approximate surface area is 126 Å². The maximum Gasteiger partial charge on any atom is 0.107 e. The molecule has 0 aromatic heterocycles. The van der Waals surface area contributed by atoms with E-state index in [9.17, 15) is 10.2 Å². The highest BCUT2D eigenvalue weighted by Gasteiger charge is 2.49. The Bertz CT molecular complexity index is 372. The van der Waals surface area contributed by atoms with Crippen LogP contribution in [0.25, 0.3) is 0 Å². The lowest BCUT2D eigenvalue weighted by Gasteiger charge is -2.46. The first-order chi connectivity index (χ1) is 10.0. The molecule has 2 aliphatic rings. The Morgan fingerprint density at radius 2 is 2.19 bits per heavy atom. The standard InChI is InChI=1S/C16H26O5/c1-4-8-19-13-9-15-16(3,21-12(13)5-2)7-6-11(18)14(10-17)20-15/h4-5,11-15,17-18H,1-2,6-10H2,3H3/t11-,12-,13+,14+,15-,16+/m0/s1. The average Bonchev–Trinajstić information content (AvgIpc) is 2.61. The summed E-state index contributed by atoms with van der Waals surface area (Å²) in [7, 11) is 0. The quantitative estimate of drug-likeness (QED) is 0.746. The van der Waals surface area contributed by atoms with Crippen LogP contribution in [0.15, 0.2) is 25.3 Å². The van der Waals surface area contributed by atoms with Gasteiger partial charge in [0.25, 0.3) is 0 Å². The van der Waals surface area contributed by atoms with Gasteiger partial charge in [-0.3, -0.25) is 0 Å². The van der Waals surface area contributed by atoms with E-state index in [4.69, 9.17) is 14.2 Å². The molecule has 120 valence electrons. The van der Waals surface area contributed by atoms with Crippen LogP contribution in [-0.4, -0.2) is 59.5 Å². The highest BCUT2D eigenvalue weighted by atomic mass is 16.6. The molecule has 2 rings (SSSR count). The summed E-state index contributed by atoms with van der Waals surface area (Å²) in [5.41, 5.74) is -0.502. The molecule has 0 amide bonds. The van der Waals surface area contributed by atoms with Crippen molar-refractivity contribution >= 4 is 0 Å². The number of rotatable bonds is 5. The van der Waals surface area contributed by atoms with Gasteiger partial charge in [-0.2, -0.15) is 0 Å². The maximum atomic E-state index is 10.0. The summed E-state index contributed by atoms with van der Waals surface area (Å²) < 4.78 is 17.8. The van der Waals surface area contributed by atoms with Crippen LogP contribution in [0.5, 0.6) is 0 Å². The average molecular weight is 298 g/mol. The van der Waals surface area contributed by atoms with Crippen molar-refractivity contribution < 1.29 is 24.4 Å². The molecule has 5 heteroatoms. The van der Waals surface area contributed by atoms with Gasteiger partial charge in [-0.25, -0.2) is 0 Å². The minimum Gasteiger partial charge on any atom is -0.394 e. The SMILES string of the molecule is C=CCO[C@@H]1C[C@@H]2O[C@H](CO)[C@@H](O)CC[C@@]2(C)O[C@H]1C=C. The fourth-order valence-electron chi connectivity index (χ4n) is 3.12. The summed E-state index contributed by atoms with van der Waals surface area (Å²) in [4.78, 5) is 0. The number of aliphatic hydroxyl groups excluding tert-OH is 2. The lowest BCUT2D eigenvalue weighted by atomic mass is 9.85. The molecule has 2 aliphatic heterocycles. The zero-order chi connectivity index (χ0) is 15.5. The van der Waals surface area contributed by atoms with Gasteiger partial charge in [0.2, 0.25) is 0 Å². The van der Waals surface area contributed by atoms with Gasteiger partial charge in [-0.1, -0.05) is 12.2 Å². The third kappa shape index (κ3) is 3.55. The summed E-state index contributed by atoms with van der Waals surface area (Å²) in [6.45, 7) is 9.70. The zero-order valence-electron chi connectivity index (χ0n) is 12.6. The van der Waals surface area contributed by atoms with Crippen molar-refractivity contribution in [2.24, 2.45) is 0 Å². The third-order valence-electron chi connectivity index (χ3n) is 4.44. The molecule has 0 unspecified atom stereocenters. The van der Waals surface area contributed by atoms with E-state index in [0.29, 0.717) is 25.9 Å². The van der Waals surface area contributed by atoms with Crippen LogP contribution in [0.1, 0.15) is 26.2 Å². The minimum atomic E-state index is -0.671. The topological polar surface area (TPSA) is 68.2 Å². The van der Waals surface area contributed by atoms with Gasteiger partial charge in [0.05, 0.1) is 37.1 Å². The van der Waals surface area contributed by atoms with Gasteiger partial charge in [-0.15, -0.1) is 13.2 Å². The molecule has 2 N–H and O–H groups in total.